The molecule has 1 saturated carbocycles. The fourth-order valence-electron chi connectivity index (χ4n) is 2.42. The van der Waals surface area contributed by atoms with E-state index in [1.807, 2.05) is 12.1 Å². The summed E-state index contributed by atoms with van der Waals surface area (Å²) in [5.41, 5.74) is 2.03. The maximum atomic E-state index is 13.7. The quantitative estimate of drug-likeness (QED) is 0.672. The number of nitrogens with zero attached hydrogens (tertiary/aromatic N) is 1. The van der Waals surface area contributed by atoms with Crippen LogP contribution in [-0.4, -0.2) is 19.0 Å². The number of aliphatic imine (C=N–C) groups is 1. The second kappa shape index (κ2) is 6.26. The van der Waals surface area contributed by atoms with Crippen LogP contribution in [0.25, 0.3) is 0 Å². The van der Waals surface area contributed by atoms with Crippen molar-refractivity contribution in [3.63, 3.8) is 0 Å². The van der Waals surface area contributed by atoms with Crippen LogP contribution in [0.1, 0.15) is 23.5 Å². The number of rotatable bonds is 4. The number of thiophene rings is 1. The normalized spacial score (nSPS) is 21.1. The first-order valence-electron chi connectivity index (χ1n) is 7.00. The standard InChI is InChI=1S/C16H18FN3S/c1-18-16(19-9-11-6-7-21-10-11)20-15-8-13(15)12-4-2-3-5-14(12)17/h2-7,10,13,15H,8-9H2,1H3,(H2,18,19,20). The average Bonchev–Trinajstić information content (AvgIpc) is 3.05. The van der Waals surface area contributed by atoms with Crippen LogP contribution in [0.4, 0.5) is 4.39 Å². The van der Waals surface area contributed by atoms with Gasteiger partial charge >= 0.3 is 0 Å². The van der Waals surface area contributed by atoms with E-state index < -0.39 is 0 Å². The van der Waals surface area contributed by atoms with Crippen molar-refractivity contribution in [1.29, 1.82) is 0 Å². The van der Waals surface area contributed by atoms with Crippen LogP contribution in [-0.2, 0) is 6.54 Å². The Morgan fingerprint density at radius 2 is 2.24 bits per heavy atom. The zero-order chi connectivity index (χ0) is 14.7. The first-order chi connectivity index (χ1) is 10.3. The zero-order valence-electron chi connectivity index (χ0n) is 11.8. The van der Waals surface area contributed by atoms with Gasteiger partial charge in [0.05, 0.1) is 0 Å². The van der Waals surface area contributed by atoms with Gasteiger partial charge in [-0.1, -0.05) is 18.2 Å². The van der Waals surface area contributed by atoms with E-state index >= 15 is 0 Å². The molecular weight excluding hydrogens is 285 g/mol. The van der Waals surface area contributed by atoms with E-state index in [-0.39, 0.29) is 17.8 Å². The summed E-state index contributed by atoms with van der Waals surface area (Å²) in [5.74, 6) is 0.893. The molecule has 110 valence electrons. The Bertz CT molecular complexity index is 624. The molecule has 1 fully saturated rings. The maximum Gasteiger partial charge on any atom is 0.191 e. The van der Waals surface area contributed by atoms with Crippen LogP contribution in [0.5, 0.6) is 0 Å². The predicted octanol–water partition coefficient (Wildman–Crippen LogP) is 3.11. The number of benzene rings is 1. The number of hydrogen-bond acceptors (Lipinski definition) is 2. The van der Waals surface area contributed by atoms with Gasteiger partial charge in [-0.15, -0.1) is 0 Å². The summed E-state index contributed by atoms with van der Waals surface area (Å²) in [7, 11) is 1.75. The van der Waals surface area contributed by atoms with Gasteiger partial charge in [-0.05, 0) is 40.4 Å². The lowest BCUT2D eigenvalue weighted by Gasteiger charge is -2.11. The lowest BCUT2D eigenvalue weighted by Crippen LogP contribution is -2.38. The lowest BCUT2D eigenvalue weighted by molar-refractivity contribution is 0.607. The largest absolute Gasteiger partial charge is 0.353 e. The molecule has 1 aliphatic carbocycles. The Labute approximate surface area is 127 Å². The van der Waals surface area contributed by atoms with Gasteiger partial charge in [-0.2, -0.15) is 11.3 Å². The zero-order valence-corrected chi connectivity index (χ0v) is 12.7. The van der Waals surface area contributed by atoms with Crippen molar-refractivity contribution in [2.45, 2.75) is 24.9 Å². The summed E-state index contributed by atoms with van der Waals surface area (Å²) in [6, 6.07) is 9.35. The molecule has 2 N–H and O–H groups in total. The molecule has 1 aliphatic rings. The van der Waals surface area contributed by atoms with Crippen molar-refractivity contribution >= 4 is 17.3 Å². The highest BCUT2D eigenvalue weighted by Gasteiger charge is 2.40. The maximum absolute atomic E-state index is 13.7. The summed E-state index contributed by atoms with van der Waals surface area (Å²) in [5, 5.41) is 10.8. The minimum absolute atomic E-state index is 0.118. The monoisotopic (exact) mass is 303 g/mol. The predicted molar refractivity (Wildman–Crippen MR) is 85.2 cm³/mol. The lowest BCUT2D eigenvalue weighted by atomic mass is 10.1. The van der Waals surface area contributed by atoms with Crippen LogP contribution in [0.2, 0.25) is 0 Å². The number of halogens is 1. The van der Waals surface area contributed by atoms with Gasteiger partial charge in [0, 0.05) is 25.6 Å². The molecule has 21 heavy (non-hydrogen) atoms. The Balaban J connectivity index is 1.54. The molecule has 0 radical (unpaired) electrons. The van der Waals surface area contributed by atoms with Crippen LogP contribution < -0.4 is 10.6 Å². The summed E-state index contributed by atoms with van der Waals surface area (Å²) in [6.07, 6.45) is 0.945. The van der Waals surface area contributed by atoms with Gasteiger partial charge in [0.15, 0.2) is 5.96 Å². The molecule has 2 aromatic rings. The minimum Gasteiger partial charge on any atom is -0.353 e. The van der Waals surface area contributed by atoms with Gasteiger partial charge in [0.2, 0.25) is 0 Å². The number of hydrogen-bond donors (Lipinski definition) is 2. The van der Waals surface area contributed by atoms with Crippen molar-refractivity contribution in [2.75, 3.05) is 7.05 Å². The summed E-state index contributed by atoms with van der Waals surface area (Å²) < 4.78 is 13.7. The van der Waals surface area contributed by atoms with Gasteiger partial charge in [0.1, 0.15) is 5.82 Å². The highest BCUT2D eigenvalue weighted by molar-refractivity contribution is 7.07. The van der Waals surface area contributed by atoms with Gasteiger partial charge in [-0.3, -0.25) is 4.99 Å². The topological polar surface area (TPSA) is 36.4 Å². The van der Waals surface area contributed by atoms with E-state index in [1.54, 1.807) is 24.5 Å². The first kappa shape index (κ1) is 14.1. The van der Waals surface area contributed by atoms with E-state index in [4.69, 9.17) is 0 Å². The number of nitrogens with one attached hydrogen (secondary N) is 2. The van der Waals surface area contributed by atoms with E-state index in [0.717, 1.165) is 24.5 Å². The molecule has 0 amide bonds. The highest BCUT2D eigenvalue weighted by Crippen LogP contribution is 2.41. The third kappa shape index (κ3) is 3.42. The van der Waals surface area contributed by atoms with Crippen molar-refractivity contribution in [1.82, 2.24) is 10.6 Å². The Hall–Kier alpha value is -1.88. The van der Waals surface area contributed by atoms with Crippen LogP contribution in [0, 0.1) is 5.82 Å². The second-order valence-electron chi connectivity index (χ2n) is 5.17. The van der Waals surface area contributed by atoms with Gasteiger partial charge < -0.3 is 10.6 Å². The van der Waals surface area contributed by atoms with Crippen LogP contribution in [0.3, 0.4) is 0 Å². The molecule has 0 aliphatic heterocycles. The molecule has 1 aromatic carbocycles. The fourth-order valence-corrected chi connectivity index (χ4v) is 3.09. The van der Waals surface area contributed by atoms with Gasteiger partial charge in [0.25, 0.3) is 0 Å². The minimum atomic E-state index is -0.118. The number of guanidine groups is 1. The third-order valence-corrected chi connectivity index (χ3v) is 4.41. The molecule has 1 aromatic heterocycles. The summed E-state index contributed by atoms with van der Waals surface area (Å²) >= 11 is 1.68. The van der Waals surface area contributed by atoms with E-state index in [1.165, 1.54) is 11.6 Å². The van der Waals surface area contributed by atoms with Crippen molar-refractivity contribution < 1.29 is 4.39 Å². The summed E-state index contributed by atoms with van der Waals surface area (Å²) in [4.78, 5) is 4.22. The Morgan fingerprint density at radius 1 is 1.38 bits per heavy atom. The SMILES string of the molecule is CN=C(NCc1ccsc1)NC1CC1c1ccccc1F. The Kier molecular flexibility index (Phi) is 4.20. The molecule has 0 spiro atoms. The van der Waals surface area contributed by atoms with E-state index in [9.17, 15) is 4.39 Å². The Morgan fingerprint density at radius 3 is 2.95 bits per heavy atom. The molecule has 0 saturated heterocycles. The van der Waals surface area contributed by atoms with Gasteiger partial charge in [-0.25, -0.2) is 4.39 Å². The summed E-state index contributed by atoms with van der Waals surface area (Å²) in [6.45, 7) is 0.750. The highest BCUT2D eigenvalue weighted by atomic mass is 32.1. The molecule has 2 unspecified atom stereocenters. The van der Waals surface area contributed by atoms with E-state index in [0.29, 0.717) is 0 Å². The van der Waals surface area contributed by atoms with Crippen molar-refractivity contribution in [2.24, 2.45) is 4.99 Å². The molecule has 3 rings (SSSR count). The van der Waals surface area contributed by atoms with Crippen molar-refractivity contribution in [3.05, 3.63) is 58.0 Å². The first-order valence-corrected chi connectivity index (χ1v) is 7.95. The fraction of sp³-hybridized carbons (Fsp3) is 0.312. The molecule has 5 heteroatoms. The molecule has 0 bridgehead atoms. The molecule has 2 atom stereocenters. The molecule has 3 nitrogen and oxygen atoms in total. The molecule has 1 heterocycles. The molecular formula is C16H18FN3S. The third-order valence-electron chi connectivity index (χ3n) is 3.68. The van der Waals surface area contributed by atoms with E-state index in [2.05, 4.69) is 32.5 Å². The van der Waals surface area contributed by atoms with Crippen LogP contribution >= 0.6 is 11.3 Å². The van der Waals surface area contributed by atoms with Crippen LogP contribution in [0.15, 0.2) is 46.1 Å². The smallest absolute Gasteiger partial charge is 0.191 e. The van der Waals surface area contributed by atoms with Crippen molar-refractivity contribution in [3.8, 4) is 0 Å². The second-order valence-corrected chi connectivity index (χ2v) is 5.95. The average molecular weight is 303 g/mol.